The highest BCUT2D eigenvalue weighted by atomic mass is 35.5. The molecule has 1 fully saturated rings. The molecule has 1 N–H and O–H groups in total. The van der Waals surface area contributed by atoms with Crippen LogP contribution in [0.25, 0.3) is 0 Å². The van der Waals surface area contributed by atoms with Gasteiger partial charge in [0.15, 0.2) is 0 Å². The Balaban J connectivity index is 2.27. The second-order valence-corrected chi connectivity index (χ2v) is 4.83. The van der Waals surface area contributed by atoms with Gasteiger partial charge < -0.3 is 15.0 Å². The molecule has 2 rings (SSSR count). The molecule has 0 aliphatic carbocycles. The van der Waals surface area contributed by atoms with E-state index < -0.39 is 0 Å². The third kappa shape index (κ3) is 2.60. The van der Waals surface area contributed by atoms with E-state index in [1.165, 1.54) is 0 Å². The van der Waals surface area contributed by atoms with Crippen molar-refractivity contribution in [1.29, 1.82) is 0 Å². The minimum atomic E-state index is -0.00230. The predicted molar refractivity (Wildman–Crippen MR) is 71.4 cm³/mol. The third-order valence-electron chi connectivity index (χ3n) is 3.16. The van der Waals surface area contributed by atoms with Crippen molar-refractivity contribution in [3.63, 3.8) is 0 Å². The molecule has 0 bridgehead atoms. The zero-order valence-electron chi connectivity index (χ0n) is 10.6. The van der Waals surface area contributed by atoms with Gasteiger partial charge in [-0.15, -0.1) is 0 Å². The van der Waals surface area contributed by atoms with Gasteiger partial charge in [-0.25, -0.2) is 0 Å². The number of nitrogens with one attached hydrogen (secondary N) is 1. The van der Waals surface area contributed by atoms with Gasteiger partial charge in [-0.2, -0.15) is 0 Å². The minimum absolute atomic E-state index is 0.00230. The Morgan fingerprint density at radius 3 is 3.00 bits per heavy atom. The van der Waals surface area contributed by atoms with Crippen LogP contribution < -0.4 is 10.1 Å². The monoisotopic (exact) mass is 268 g/mol. The number of benzene rings is 1. The minimum Gasteiger partial charge on any atom is -0.496 e. The molecule has 98 valence electrons. The maximum absolute atomic E-state index is 12.5. The number of carbonyl (C=O) groups is 1. The van der Waals surface area contributed by atoms with Crippen LogP contribution in [0.1, 0.15) is 17.3 Å². The topological polar surface area (TPSA) is 41.6 Å². The summed E-state index contributed by atoms with van der Waals surface area (Å²) in [4.78, 5) is 14.3. The molecule has 1 saturated heterocycles. The number of hydrogen-bond acceptors (Lipinski definition) is 3. The Bertz CT molecular complexity index is 451. The Morgan fingerprint density at radius 1 is 1.56 bits per heavy atom. The molecule has 1 atom stereocenters. The molecule has 5 heteroatoms. The van der Waals surface area contributed by atoms with Crippen molar-refractivity contribution in [2.75, 3.05) is 26.7 Å². The molecule has 18 heavy (non-hydrogen) atoms. The number of carbonyl (C=O) groups excluding carboxylic acids is 1. The van der Waals surface area contributed by atoms with E-state index in [0.29, 0.717) is 22.9 Å². The van der Waals surface area contributed by atoms with E-state index in [-0.39, 0.29) is 11.9 Å². The molecule has 0 saturated carbocycles. The van der Waals surface area contributed by atoms with Gasteiger partial charge in [-0.05, 0) is 25.1 Å². The zero-order valence-corrected chi connectivity index (χ0v) is 11.3. The van der Waals surface area contributed by atoms with Crippen LogP contribution in [0, 0.1) is 0 Å². The fraction of sp³-hybridized carbons (Fsp3) is 0.462. The van der Waals surface area contributed by atoms with Gasteiger partial charge in [-0.1, -0.05) is 11.6 Å². The number of ether oxygens (including phenoxy) is 1. The van der Waals surface area contributed by atoms with Gasteiger partial charge in [0.05, 0.1) is 12.7 Å². The number of nitrogens with zero attached hydrogens (tertiary/aromatic N) is 1. The first-order valence-electron chi connectivity index (χ1n) is 5.98. The lowest BCUT2D eigenvalue weighted by atomic mass is 10.1. The largest absolute Gasteiger partial charge is 0.496 e. The highest BCUT2D eigenvalue weighted by molar-refractivity contribution is 6.30. The number of hydrogen-bond donors (Lipinski definition) is 1. The quantitative estimate of drug-likeness (QED) is 0.889. The SMILES string of the molecule is COc1cc(Cl)ccc1C(=O)N1CCNC[C@@H]1C. The van der Waals surface area contributed by atoms with Gasteiger partial charge in [0, 0.05) is 30.7 Å². The smallest absolute Gasteiger partial charge is 0.257 e. The molecule has 4 nitrogen and oxygen atoms in total. The molecule has 1 aliphatic rings. The van der Waals surface area contributed by atoms with Gasteiger partial charge in [-0.3, -0.25) is 4.79 Å². The van der Waals surface area contributed by atoms with Gasteiger partial charge >= 0.3 is 0 Å². The summed E-state index contributed by atoms with van der Waals surface area (Å²) < 4.78 is 5.23. The van der Waals surface area contributed by atoms with E-state index in [9.17, 15) is 4.79 Å². The summed E-state index contributed by atoms with van der Waals surface area (Å²) in [7, 11) is 1.55. The van der Waals surface area contributed by atoms with E-state index in [1.54, 1.807) is 25.3 Å². The predicted octanol–water partition coefficient (Wildman–Crippen LogP) is 1.78. The molecule has 0 spiro atoms. The van der Waals surface area contributed by atoms with Crippen molar-refractivity contribution in [3.8, 4) is 5.75 Å². The summed E-state index contributed by atoms with van der Waals surface area (Å²) in [5, 5.41) is 3.83. The highest BCUT2D eigenvalue weighted by Crippen LogP contribution is 2.25. The fourth-order valence-corrected chi connectivity index (χ4v) is 2.30. The molecule has 1 heterocycles. The van der Waals surface area contributed by atoms with Crippen molar-refractivity contribution in [1.82, 2.24) is 10.2 Å². The lowest BCUT2D eigenvalue weighted by molar-refractivity contribution is 0.0652. The van der Waals surface area contributed by atoms with Gasteiger partial charge in [0.25, 0.3) is 5.91 Å². The average molecular weight is 269 g/mol. The van der Waals surface area contributed by atoms with Crippen molar-refractivity contribution in [2.45, 2.75) is 13.0 Å². The van der Waals surface area contributed by atoms with Crippen LogP contribution in [-0.2, 0) is 0 Å². The van der Waals surface area contributed by atoms with Crippen LogP contribution in [0.2, 0.25) is 5.02 Å². The van der Waals surface area contributed by atoms with Crippen LogP contribution in [0.4, 0.5) is 0 Å². The molecule has 1 aromatic rings. The number of rotatable bonds is 2. The Morgan fingerprint density at radius 2 is 2.33 bits per heavy atom. The summed E-state index contributed by atoms with van der Waals surface area (Å²) in [5.74, 6) is 0.524. The maximum atomic E-state index is 12.5. The average Bonchev–Trinajstić information content (AvgIpc) is 2.38. The third-order valence-corrected chi connectivity index (χ3v) is 3.39. The van der Waals surface area contributed by atoms with Crippen LogP contribution >= 0.6 is 11.6 Å². The first-order chi connectivity index (χ1) is 8.63. The summed E-state index contributed by atoms with van der Waals surface area (Å²) in [6.07, 6.45) is 0. The lowest BCUT2D eigenvalue weighted by Crippen LogP contribution is -2.52. The summed E-state index contributed by atoms with van der Waals surface area (Å²) in [6, 6.07) is 5.29. The molecular formula is C13H17ClN2O2. The molecule has 1 aromatic carbocycles. The number of methoxy groups -OCH3 is 1. The molecule has 0 radical (unpaired) electrons. The van der Waals surface area contributed by atoms with Crippen LogP contribution in [-0.4, -0.2) is 43.6 Å². The van der Waals surface area contributed by atoms with E-state index in [2.05, 4.69) is 5.32 Å². The van der Waals surface area contributed by atoms with Gasteiger partial charge in [0.2, 0.25) is 0 Å². The number of piperazine rings is 1. The number of amides is 1. The van der Waals surface area contributed by atoms with Crippen LogP contribution in [0.5, 0.6) is 5.75 Å². The van der Waals surface area contributed by atoms with E-state index in [4.69, 9.17) is 16.3 Å². The molecule has 1 amide bonds. The van der Waals surface area contributed by atoms with Crippen molar-refractivity contribution >= 4 is 17.5 Å². The van der Waals surface area contributed by atoms with Crippen molar-refractivity contribution in [2.24, 2.45) is 0 Å². The van der Waals surface area contributed by atoms with Crippen LogP contribution in [0.15, 0.2) is 18.2 Å². The molecular weight excluding hydrogens is 252 g/mol. The maximum Gasteiger partial charge on any atom is 0.257 e. The first-order valence-corrected chi connectivity index (χ1v) is 6.36. The number of halogens is 1. The Hall–Kier alpha value is -1.26. The summed E-state index contributed by atoms with van der Waals surface area (Å²) >= 11 is 5.90. The van der Waals surface area contributed by atoms with E-state index in [0.717, 1.165) is 13.1 Å². The standard InChI is InChI=1S/C13H17ClN2O2/c1-9-8-15-5-6-16(9)13(17)11-4-3-10(14)7-12(11)18-2/h3-4,7,9,15H,5-6,8H2,1-2H3/t9-/m0/s1. The lowest BCUT2D eigenvalue weighted by Gasteiger charge is -2.34. The van der Waals surface area contributed by atoms with E-state index in [1.807, 2.05) is 11.8 Å². The summed E-state index contributed by atoms with van der Waals surface area (Å²) in [6.45, 7) is 4.39. The van der Waals surface area contributed by atoms with Crippen LogP contribution in [0.3, 0.4) is 0 Å². The fourth-order valence-electron chi connectivity index (χ4n) is 2.14. The van der Waals surface area contributed by atoms with Gasteiger partial charge in [0.1, 0.15) is 5.75 Å². The first kappa shape index (κ1) is 13.2. The normalized spacial score (nSPS) is 19.7. The van der Waals surface area contributed by atoms with Crippen molar-refractivity contribution in [3.05, 3.63) is 28.8 Å². The van der Waals surface area contributed by atoms with E-state index >= 15 is 0 Å². The molecule has 1 aliphatic heterocycles. The summed E-state index contributed by atoms with van der Waals surface area (Å²) in [5.41, 5.74) is 0.565. The Kier molecular flexibility index (Phi) is 4.09. The molecule has 0 aromatic heterocycles. The zero-order chi connectivity index (χ0) is 13.1. The second-order valence-electron chi connectivity index (χ2n) is 4.40. The molecule has 0 unspecified atom stereocenters. The second kappa shape index (κ2) is 5.59. The van der Waals surface area contributed by atoms with Crippen molar-refractivity contribution < 1.29 is 9.53 Å². The Labute approximate surface area is 112 Å². The highest BCUT2D eigenvalue weighted by Gasteiger charge is 2.26.